The van der Waals surface area contributed by atoms with Gasteiger partial charge in [-0.2, -0.15) is 0 Å². The number of hydrogen-bond acceptors (Lipinski definition) is 5. The molecular formula is C16H26N4OS. The average molecular weight is 322 g/mol. The van der Waals surface area contributed by atoms with Crippen molar-refractivity contribution in [3.8, 4) is 0 Å². The van der Waals surface area contributed by atoms with Crippen molar-refractivity contribution in [1.82, 2.24) is 19.5 Å². The van der Waals surface area contributed by atoms with E-state index in [9.17, 15) is 5.11 Å². The van der Waals surface area contributed by atoms with Crippen LogP contribution in [0, 0.1) is 0 Å². The summed E-state index contributed by atoms with van der Waals surface area (Å²) in [7, 11) is 0. The van der Waals surface area contributed by atoms with E-state index in [4.69, 9.17) is 0 Å². The summed E-state index contributed by atoms with van der Waals surface area (Å²) in [6.07, 6.45) is 13.8. The van der Waals surface area contributed by atoms with Gasteiger partial charge in [0.1, 0.15) is 23.6 Å². The van der Waals surface area contributed by atoms with E-state index < -0.39 is 0 Å². The molecule has 0 atom stereocenters. The van der Waals surface area contributed by atoms with Crippen LogP contribution < -0.4 is 0 Å². The lowest BCUT2D eigenvalue weighted by molar-refractivity contribution is 0.214. The van der Waals surface area contributed by atoms with Crippen LogP contribution in [0.1, 0.15) is 58.3 Å². The van der Waals surface area contributed by atoms with Gasteiger partial charge in [0.05, 0.1) is 6.33 Å². The Bertz CT molecular complexity index is 558. The van der Waals surface area contributed by atoms with Gasteiger partial charge in [-0.05, 0) is 12.2 Å². The van der Waals surface area contributed by atoms with Crippen molar-refractivity contribution in [2.75, 3.05) is 5.75 Å². The van der Waals surface area contributed by atoms with Gasteiger partial charge in [-0.3, -0.25) is 4.57 Å². The predicted molar refractivity (Wildman–Crippen MR) is 90.9 cm³/mol. The lowest BCUT2D eigenvalue weighted by Gasteiger charge is -2.03. The summed E-state index contributed by atoms with van der Waals surface area (Å²) in [5.41, 5.74) is 1.50. The second kappa shape index (κ2) is 9.79. The van der Waals surface area contributed by atoms with E-state index in [0.717, 1.165) is 16.3 Å². The third kappa shape index (κ3) is 4.95. The van der Waals surface area contributed by atoms with Crippen molar-refractivity contribution < 1.29 is 5.11 Å². The predicted octanol–water partition coefficient (Wildman–Crippen LogP) is 4.01. The Morgan fingerprint density at radius 3 is 2.45 bits per heavy atom. The van der Waals surface area contributed by atoms with Crippen LogP contribution in [-0.4, -0.2) is 30.4 Å². The lowest BCUT2D eigenvalue weighted by Crippen LogP contribution is -1.96. The molecule has 0 bridgehead atoms. The summed E-state index contributed by atoms with van der Waals surface area (Å²) >= 11 is 1.74. The van der Waals surface area contributed by atoms with Gasteiger partial charge in [0.2, 0.25) is 0 Å². The van der Waals surface area contributed by atoms with Crippen molar-refractivity contribution in [2.24, 2.45) is 0 Å². The standard InChI is InChI=1S/C16H26N4OS/c1-2-3-4-5-6-7-8-9-10-22-16-14-15(17-11-18-16)20(13-21)12-19-14/h11-12,21H,2-10,13H2,1H3. The Balaban J connectivity index is 1.68. The van der Waals surface area contributed by atoms with Gasteiger partial charge in [-0.1, -0.05) is 51.9 Å². The van der Waals surface area contributed by atoms with Crippen molar-refractivity contribution in [3.05, 3.63) is 12.7 Å². The van der Waals surface area contributed by atoms with Crippen LogP contribution in [0.2, 0.25) is 0 Å². The second-order valence-corrected chi connectivity index (χ2v) is 6.61. The van der Waals surface area contributed by atoms with Crippen LogP contribution >= 0.6 is 11.8 Å². The third-order valence-electron chi connectivity index (χ3n) is 3.76. The zero-order valence-corrected chi connectivity index (χ0v) is 14.2. The Hall–Kier alpha value is -1.14. The Kier molecular flexibility index (Phi) is 7.66. The molecular weight excluding hydrogens is 296 g/mol. The Morgan fingerprint density at radius 2 is 1.73 bits per heavy atom. The first-order valence-corrected chi connectivity index (χ1v) is 9.25. The Labute approximate surface area is 136 Å². The van der Waals surface area contributed by atoms with E-state index in [1.807, 2.05) is 0 Å². The quantitative estimate of drug-likeness (QED) is 0.385. The fraction of sp³-hybridized carbons (Fsp3) is 0.688. The minimum atomic E-state index is -0.102. The van der Waals surface area contributed by atoms with Gasteiger partial charge in [-0.25, -0.2) is 15.0 Å². The van der Waals surface area contributed by atoms with Gasteiger partial charge in [0.15, 0.2) is 5.65 Å². The minimum Gasteiger partial charge on any atom is -0.376 e. The number of aliphatic hydroxyl groups is 1. The highest BCUT2D eigenvalue weighted by atomic mass is 32.2. The van der Waals surface area contributed by atoms with Crippen molar-refractivity contribution >= 4 is 22.9 Å². The second-order valence-electron chi connectivity index (χ2n) is 5.53. The zero-order valence-electron chi connectivity index (χ0n) is 13.4. The van der Waals surface area contributed by atoms with Gasteiger partial charge in [0, 0.05) is 0 Å². The molecule has 0 aliphatic carbocycles. The smallest absolute Gasteiger partial charge is 0.166 e. The molecule has 2 heterocycles. The van der Waals surface area contributed by atoms with E-state index in [1.54, 1.807) is 29.0 Å². The average Bonchev–Trinajstić information content (AvgIpc) is 2.97. The first-order valence-electron chi connectivity index (χ1n) is 8.26. The number of hydrogen-bond donors (Lipinski definition) is 1. The van der Waals surface area contributed by atoms with E-state index in [0.29, 0.717) is 5.65 Å². The summed E-state index contributed by atoms with van der Waals surface area (Å²) in [5, 5.41) is 10.1. The molecule has 122 valence electrons. The molecule has 0 saturated heterocycles. The molecule has 0 aliphatic rings. The maximum atomic E-state index is 9.22. The molecule has 2 aromatic heterocycles. The molecule has 6 heteroatoms. The Morgan fingerprint density at radius 1 is 1.00 bits per heavy atom. The maximum absolute atomic E-state index is 9.22. The van der Waals surface area contributed by atoms with Crippen LogP contribution in [0.15, 0.2) is 17.7 Å². The summed E-state index contributed by atoms with van der Waals surface area (Å²) < 4.78 is 1.62. The van der Waals surface area contributed by atoms with Gasteiger partial charge >= 0.3 is 0 Å². The van der Waals surface area contributed by atoms with Crippen molar-refractivity contribution in [3.63, 3.8) is 0 Å². The maximum Gasteiger partial charge on any atom is 0.166 e. The normalized spacial score (nSPS) is 11.4. The van der Waals surface area contributed by atoms with Gasteiger partial charge in [-0.15, -0.1) is 11.8 Å². The molecule has 2 rings (SSSR count). The third-order valence-corrected chi connectivity index (χ3v) is 4.82. The molecule has 22 heavy (non-hydrogen) atoms. The molecule has 0 aliphatic heterocycles. The van der Waals surface area contributed by atoms with Crippen molar-refractivity contribution in [2.45, 2.75) is 70.0 Å². The van der Waals surface area contributed by atoms with E-state index in [2.05, 4.69) is 21.9 Å². The number of thioether (sulfide) groups is 1. The minimum absolute atomic E-state index is 0.102. The van der Waals surface area contributed by atoms with E-state index in [-0.39, 0.29) is 6.73 Å². The molecule has 0 amide bonds. The van der Waals surface area contributed by atoms with Crippen molar-refractivity contribution in [1.29, 1.82) is 0 Å². The van der Waals surface area contributed by atoms with Crippen LogP contribution in [0.25, 0.3) is 11.2 Å². The highest BCUT2D eigenvalue weighted by Gasteiger charge is 2.09. The largest absolute Gasteiger partial charge is 0.376 e. The molecule has 5 nitrogen and oxygen atoms in total. The van der Waals surface area contributed by atoms with E-state index in [1.165, 1.54) is 51.4 Å². The first kappa shape index (κ1) is 17.2. The molecule has 0 spiro atoms. The molecule has 0 unspecified atom stereocenters. The molecule has 0 saturated carbocycles. The van der Waals surface area contributed by atoms with Crippen LogP contribution in [0.5, 0.6) is 0 Å². The first-order chi connectivity index (χ1) is 10.9. The van der Waals surface area contributed by atoms with Gasteiger partial charge < -0.3 is 5.11 Å². The fourth-order valence-corrected chi connectivity index (χ4v) is 3.42. The number of fused-ring (bicyclic) bond motifs is 1. The molecule has 2 aromatic rings. The summed E-state index contributed by atoms with van der Waals surface area (Å²) in [6, 6.07) is 0. The van der Waals surface area contributed by atoms with Crippen LogP contribution in [0.4, 0.5) is 0 Å². The highest BCUT2D eigenvalue weighted by Crippen LogP contribution is 2.24. The summed E-state index contributed by atoms with van der Waals surface area (Å²) in [5.74, 6) is 1.06. The summed E-state index contributed by atoms with van der Waals surface area (Å²) in [6.45, 7) is 2.15. The lowest BCUT2D eigenvalue weighted by atomic mass is 10.1. The molecule has 0 fully saturated rings. The summed E-state index contributed by atoms with van der Waals surface area (Å²) in [4.78, 5) is 12.8. The number of aromatic nitrogens is 4. The number of rotatable bonds is 11. The number of aliphatic hydroxyl groups excluding tert-OH is 1. The SMILES string of the molecule is CCCCCCCCCCSc1ncnc2c1ncn2CO. The number of unbranched alkanes of at least 4 members (excludes halogenated alkanes) is 7. The monoisotopic (exact) mass is 322 g/mol. The number of nitrogens with zero attached hydrogens (tertiary/aromatic N) is 4. The highest BCUT2D eigenvalue weighted by molar-refractivity contribution is 7.99. The van der Waals surface area contributed by atoms with Crippen LogP contribution in [-0.2, 0) is 6.73 Å². The fourth-order valence-electron chi connectivity index (χ4n) is 2.47. The molecule has 0 aromatic carbocycles. The van der Waals surface area contributed by atoms with E-state index >= 15 is 0 Å². The molecule has 0 radical (unpaired) electrons. The number of imidazole rings is 1. The van der Waals surface area contributed by atoms with Gasteiger partial charge in [0.25, 0.3) is 0 Å². The topological polar surface area (TPSA) is 63.8 Å². The molecule has 1 N–H and O–H groups in total. The van der Waals surface area contributed by atoms with Crippen LogP contribution in [0.3, 0.4) is 0 Å². The zero-order chi connectivity index (χ0) is 15.6.